The number of hydrogen-bond acceptors (Lipinski definition) is 2. The Morgan fingerprint density at radius 2 is 2.16 bits per heavy atom. The lowest BCUT2D eigenvalue weighted by molar-refractivity contribution is 0.0751. The Morgan fingerprint density at radius 1 is 1.37 bits per heavy atom. The number of aryl methyl sites for hydroxylation is 1. The number of rotatable bonds is 1. The van der Waals surface area contributed by atoms with Crippen molar-refractivity contribution in [2.75, 3.05) is 13.1 Å². The molecule has 1 aliphatic carbocycles. The Labute approximate surface area is 127 Å². The van der Waals surface area contributed by atoms with Crippen molar-refractivity contribution < 1.29 is 9.90 Å². The number of amides is 1. The van der Waals surface area contributed by atoms with Gasteiger partial charge < -0.3 is 10.0 Å². The molecule has 19 heavy (non-hydrogen) atoms. The number of likely N-dealkylation sites (tertiary alicyclic amines) is 1. The van der Waals surface area contributed by atoms with Gasteiger partial charge in [-0.05, 0) is 59.9 Å². The van der Waals surface area contributed by atoms with Crippen molar-refractivity contribution in [1.82, 2.24) is 4.90 Å². The third-order valence-corrected chi connectivity index (χ3v) is 5.96. The molecular weight excluding hydrogens is 353 g/mol. The summed E-state index contributed by atoms with van der Waals surface area (Å²) in [5.41, 5.74) is 1.95. The van der Waals surface area contributed by atoms with Gasteiger partial charge in [-0.3, -0.25) is 4.79 Å². The molecule has 3 unspecified atom stereocenters. The van der Waals surface area contributed by atoms with Gasteiger partial charge in [-0.2, -0.15) is 0 Å². The van der Waals surface area contributed by atoms with Crippen molar-refractivity contribution in [3.05, 3.63) is 32.9 Å². The van der Waals surface area contributed by atoms with Crippen molar-refractivity contribution in [2.45, 2.75) is 25.9 Å². The van der Waals surface area contributed by atoms with Gasteiger partial charge >= 0.3 is 0 Å². The number of nitrogens with zero attached hydrogens (tertiary/aromatic N) is 1. The van der Waals surface area contributed by atoms with Crippen LogP contribution in [0, 0.1) is 22.3 Å². The van der Waals surface area contributed by atoms with Gasteiger partial charge in [0.15, 0.2) is 0 Å². The summed E-state index contributed by atoms with van der Waals surface area (Å²) in [7, 11) is 0. The largest absolute Gasteiger partial charge is 0.393 e. The van der Waals surface area contributed by atoms with Gasteiger partial charge in [0.05, 0.1) is 11.7 Å². The molecule has 1 aromatic rings. The minimum atomic E-state index is -0.209. The standard InChI is InChI=1S/C15H18INO2/c1-9-3-2-4-11(14(9)16)15(19)17-7-10-5-6-13(18)12(10)8-17/h2-4,10,12-13,18H,5-8H2,1H3. The third-order valence-electron chi connectivity index (χ3n) is 4.53. The fraction of sp³-hybridized carbons (Fsp3) is 0.533. The smallest absolute Gasteiger partial charge is 0.254 e. The molecule has 1 saturated heterocycles. The average molecular weight is 371 g/mol. The molecular formula is C15H18INO2. The van der Waals surface area contributed by atoms with E-state index in [-0.39, 0.29) is 12.0 Å². The molecule has 3 rings (SSSR count). The van der Waals surface area contributed by atoms with Crippen LogP contribution in [0.15, 0.2) is 18.2 Å². The zero-order valence-corrected chi connectivity index (χ0v) is 13.1. The van der Waals surface area contributed by atoms with Crippen LogP contribution in [0.2, 0.25) is 0 Å². The Hall–Kier alpha value is -0.620. The van der Waals surface area contributed by atoms with Gasteiger partial charge in [0.1, 0.15) is 0 Å². The number of fused-ring (bicyclic) bond motifs is 1. The number of aliphatic hydroxyl groups excluding tert-OH is 1. The fourth-order valence-corrected chi connectivity index (χ4v) is 3.98. The van der Waals surface area contributed by atoms with E-state index in [9.17, 15) is 9.90 Å². The summed E-state index contributed by atoms with van der Waals surface area (Å²) in [6.07, 6.45) is 1.75. The maximum absolute atomic E-state index is 12.6. The van der Waals surface area contributed by atoms with Crippen molar-refractivity contribution in [3.8, 4) is 0 Å². The molecule has 3 atom stereocenters. The first kappa shape index (κ1) is 13.4. The lowest BCUT2D eigenvalue weighted by atomic mass is 10.00. The number of benzene rings is 1. The number of halogens is 1. The highest BCUT2D eigenvalue weighted by molar-refractivity contribution is 14.1. The normalized spacial score (nSPS) is 29.6. The molecule has 3 nitrogen and oxygen atoms in total. The van der Waals surface area contributed by atoms with E-state index < -0.39 is 0 Å². The molecule has 0 spiro atoms. The molecule has 2 aliphatic rings. The molecule has 1 aliphatic heterocycles. The molecule has 0 radical (unpaired) electrons. The second kappa shape index (κ2) is 5.05. The SMILES string of the molecule is Cc1cccc(C(=O)N2CC3CCC(O)C3C2)c1I. The summed E-state index contributed by atoms with van der Waals surface area (Å²) in [5.74, 6) is 0.919. The number of aliphatic hydroxyl groups is 1. The Bertz CT molecular complexity index is 517. The summed E-state index contributed by atoms with van der Waals surface area (Å²) < 4.78 is 1.04. The molecule has 0 bridgehead atoms. The fourth-order valence-electron chi connectivity index (χ4n) is 3.39. The van der Waals surface area contributed by atoms with E-state index in [1.165, 1.54) is 0 Å². The van der Waals surface area contributed by atoms with Crippen LogP contribution in [0.3, 0.4) is 0 Å². The molecule has 102 valence electrons. The maximum atomic E-state index is 12.6. The predicted octanol–water partition coefficient (Wildman–Crippen LogP) is 2.44. The molecule has 1 aromatic carbocycles. The average Bonchev–Trinajstić information content (AvgIpc) is 2.95. The summed E-state index contributed by atoms with van der Waals surface area (Å²) in [5, 5.41) is 9.93. The minimum Gasteiger partial charge on any atom is -0.393 e. The van der Waals surface area contributed by atoms with Crippen molar-refractivity contribution in [2.24, 2.45) is 11.8 Å². The van der Waals surface area contributed by atoms with Crippen LogP contribution in [0.5, 0.6) is 0 Å². The lowest BCUT2D eigenvalue weighted by Gasteiger charge is -2.19. The first-order chi connectivity index (χ1) is 9.08. The highest BCUT2D eigenvalue weighted by Gasteiger charge is 2.43. The van der Waals surface area contributed by atoms with Gasteiger partial charge in [0.25, 0.3) is 5.91 Å². The zero-order valence-electron chi connectivity index (χ0n) is 11.0. The number of hydrogen-bond donors (Lipinski definition) is 1. The highest BCUT2D eigenvalue weighted by Crippen LogP contribution is 2.38. The van der Waals surface area contributed by atoms with E-state index in [4.69, 9.17) is 0 Å². The molecule has 0 aromatic heterocycles. The van der Waals surface area contributed by atoms with Gasteiger partial charge in [0, 0.05) is 22.6 Å². The van der Waals surface area contributed by atoms with Gasteiger partial charge in [-0.15, -0.1) is 0 Å². The van der Waals surface area contributed by atoms with E-state index in [0.29, 0.717) is 18.4 Å². The molecule has 2 fully saturated rings. The number of carbonyl (C=O) groups excluding carboxylic acids is 1. The van der Waals surface area contributed by atoms with Crippen LogP contribution in [0.1, 0.15) is 28.8 Å². The third kappa shape index (κ3) is 2.29. The Kier molecular flexibility index (Phi) is 3.55. The quantitative estimate of drug-likeness (QED) is 0.771. The first-order valence-electron chi connectivity index (χ1n) is 6.80. The van der Waals surface area contributed by atoms with Crippen LogP contribution in [0.4, 0.5) is 0 Å². The van der Waals surface area contributed by atoms with Crippen molar-refractivity contribution in [1.29, 1.82) is 0 Å². The minimum absolute atomic E-state index is 0.120. The summed E-state index contributed by atoms with van der Waals surface area (Å²) in [6, 6.07) is 5.87. The summed E-state index contributed by atoms with van der Waals surface area (Å²) >= 11 is 2.25. The molecule has 1 N–H and O–H groups in total. The zero-order chi connectivity index (χ0) is 13.6. The number of carbonyl (C=O) groups is 1. The predicted molar refractivity (Wildman–Crippen MR) is 82.0 cm³/mol. The van der Waals surface area contributed by atoms with Gasteiger partial charge in [-0.1, -0.05) is 12.1 Å². The van der Waals surface area contributed by atoms with Crippen LogP contribution < -0.4 is 0 Å². The van der Waals surface area contributed by atoms with Crippen LogP contribution >= 0.6 is 22.6 Å². The van der Waals surface area contributed by atoms with E-state index in [1.54, 1.807) is 0 Å². The van der Waals surface area contributed by atoms with Crippen LogP contribution in [0.25, 0.3) is 0 Å². The van der Waals surface area contributed by atoms with E-state index >= 15 is 0 Å². The van der Waals surface area contributed by atoms with Gasteiger partial charge in [0.2, 0.25) is 0 Å². The van der Waals surface area contributed by atoms with Crippen LogP contribution in [-0.2, 0) is 0 Å². The molecule has 4 heteroatoms. The Morgan fingerprint density at radius 3 is 2.89 bits per heavy atom. The molecule has 1 heterocycles. The second-order valence-corrected chi connectivity index (χ2v) is 6.79. The summed E-state index contributed by atoms with van der Waals surface area (Å²) in [4.78, 5) is 14.5. The van der Waals surface area contributed by atoms with Gasteiger partial charge in [-0.25, -0.2) is 0 Å². The monoisotopic (exact) mass is 371 g/mol. The van der Waals surface area contributed by atoms with Crippen molar-refractivity contribution in [3.63, 3.8) is 0 Å². The highest BCUT2D eigenvalue weighted by atomic mass is 127. The lowest BCUT2D eigenvalue weighted by Crippen LogP contribution is -2.31. The maximum Gasteiger partial charge on any atom is 0.254 e. The second-order valence-electron chi connectivity index (χ2n) is 5.72. The molecule has 1 amide bonds. The van der Waals surface area contributed by atoms with E-state index in [0.717, 1.165) is 34.1 Å². The molecule has 1 saturated carbocycles. The van der Waals surface area contributed by atoms with Crippen molar-refractivity contribution >= 4 is 28.5 Å². The van der Waals surface area contributed by atoms with E-state index in [1.807, 2.05) is 30.0 Å². The van der Waals surface area contributed by atoms with Crippen LogP contribution in [-0.4, -0.2) is 35.1 Å². The van der Waals surface area contributed by atoms with E-state index in [2.05, 4.69) is 22.6 Å². The topological polar surface area (TPSA) is 40.5 Å². The Balaban J connectivity index is 1.81. The summed E-state index contributed by atoms with van der Waals surface area (Å²) in [6.45, 7) is 3.56. The first-order valence-corrected chi connectivity index (χ1v) is 7.88.